The highest BCUT2D eigenvalue weighted by Gasteiger charge is 2.21. The van der Waals surface area contributed by atoms with Gasteiger partial charge in [-0.05, 0) is 37.3 Å². The number of carbonyl (C=O) groups is 2. The standard InChI is InChI=1S/C15H12Cl2N2O4/c1-8(14(21)19-11-3-2-6-18-13(11)17)23-15(22)10-5-4-9(16)7-12(10)20/h2-8,20H,1H3,(H,19,21)/t8-/m1/s1. The van der Waals surface area contributed by atoms with Crippen LogP contribution in [0.4, 0.5) is 5.69 Å². The molecule has 0 aliphatic rings. The van der Waals surface area contributed by atoms with Crippen molar-refractivity contribution < 1.29 is 19.4 Å². The van der Waals surface area contributed by atoms with Crippen LogP contribution in [0.15, 0.2) is 36.5 Å². The molecule has 2 N–H and O–H groups in total. The number of aromatic nitrogens is 1. The molecule has 1 aromatic heterocycles. The van der Waals surface area contributed by atoms with Crippen LogP contribution in [0.2, 0.25) is 10.2 Å². The second-order valence-electron chi connectivity index (χ2n) is 4.54. The topological polar surface area (TPSA) is 88.5 Å². The number of pyridine rings is 1. The number of nitrogens with zero attached hydrogens (tertiary/aromatic N) is 1. The lowest BCUT2D eigenvalue weighted by molar-refractivity contribution is -0.123. The first-order valence-corrected chi connectivity index (χ1v) is 7.25. The summed E-state index contributed by atoms with van der Waals surface area (Å²) < 4.78 is 5.01. The van der Waals surface area contributed by atoms with Crippen LogP contribution < -0.4 is 5.32 Å². The van der Waals surface area contributed by atoms with Crippen molar-refractivity contribution in [3.8, 4) is 5.75 Å². The number of ether oxygens (including phenoxy) is 1. The molecule has 1 aromatic carbocycles. The molecule has 1 heterocycles. The highest BCUT2D eigenvalue weighted by Crippen LogP contribution is 2.23. The molecule has 0 unspecified atom stereocenters. The predicted molar refractivity (Wildman–Crippen MR) is 85.9 cm³/mol. The fourth-order valence-corrected chi connectivity index (χ4v) is 2.00. The van der Waals surface area contributed by atoms with Crippen molar-refractivity contribution in [3.63, 3.8) is 0 Å². The molecule has 8 heteroatoms. The van der Waals surface area contributed by atoms with Crippen LogP contribution >= 0.6 is 23.2 Å². The summed E-state index contributed by atoms with van der Waals surface area (Å²) in [5.41, 5.74) is 0.213. The van der Waals surface area contributed by atoms with Crippen LogP contribution in [0.25, 0.3) is 0 Å². The number of carbonyl (C=O) groups excluding carboxylic acids is 2. The van der Waals surface area contributed by atoms with Crippen LogP contribution in [-0.2, 0) is 9.53 Å². The van der Waals surface area contributed by atoms with E-state index in [2.05, 4.69) is 10.3 Å². The molecule has 0 fully saturated rings. The van der Waals surface area contributed by atoms with E-state index in [-0.39, 0.29) is 21.5 Å². The molecule has 0 saturated heterocycles. The van der Waals surface area contributed by atoms with Crippen molar-refractivity contribution in [3.05, 3.63) is 52.3 Å². The van der Waals surface area contributed by atoms with Crippen LogP contribution in [0.1, 0.15) is 17.3 Å². The Morgan fingerprint density at radius 3 is 2.70 bits per heavy atom. The van der Waals surface area contributed by atoms with Gasteiger partial charge in [0.25, 0.3) is 5.91 Å². The first kappa shape index (κ1) is 17.1. The van der Waals surface area contributed by atoms with Gasteiger partial charge in [-0.25, -0.2) is 9.78 Å². The van der Waals surface area contributed by atoms with Crippen LogP contribution in [0.3, 0.4) is 0 Å². The Morgan fingerprint density at radius 2 is 2.04 bits per heavy atom. The summed E-state index contributed by atoms with van der Waals surface area (Å²) in [7, 11) is 0. The van der Waals surface area contributed by atoms with E-state index < -0.39 is 18.0 Å². The van der Waals surface area contributed by atoms with Gasteiger partial charge in [-0.3, -0.25) is 4.79 Å². The number of rotatable bonds is 4. The summed E-state index contributed by atoms with van der Waals surface area (Å²) >= 11 is 11.5. The maximum atomic E-state index is 12.0. The van der Waals surface area contributed by atoms with Gasteiger partial charge in [-0.2, -0.15) is 0 Å². The quantitative estimate of drug-likeness (QED) is 0.649. The lowest BCUT2D eigenvalue weighted by atomic mass is 10.2. The molecule has 0 bridgehead atoms. The predicted octanol–water partition coefficient (Wildman–Crippen LogP) is 3.28. The van der Waals surface area contributed by atoms with E-state index in [1.807, 2.05) is 0 Å². The molecule has 23 heavy (non-hydrogen) atoms. The fourth-order valence-electron chi connectivity index (χ4n) is 1.67. The molecule has 2 aromatic rings. The van der Waals surface area contributed by atoms with Crippen LogP contribution in [0.5, 0.6) is 5.75 Å². The first-order valence-electron chi connectivity index (χ1n) is 6.49. The van der Waals surface area contributed by atoms with Gasteiger partial charge in [0, 0.05) is 11.2 Å². The molecule has 0 aliphatic heterocycles. The minimum Gasteiger partial charge on any atom is -0.507 e. The second kappa shape index (κ2) is 7.30. The van der Waals surface area contributed by atoms with Gasteiger partial charge < -0.3 is 15.2 Å². The van der Waals surface area contributed by atoms with E-state index in [9.17, 15) is 14.7 Å². The minimum atomic E-state index is -1.10. The molecule has 0 radical (unpaired) electrons. The third-order valence-electron chi connectivity index (χ3n) is 2.85. The Hall–Kier alpha value is -2.31. The smallest absolute Gasteiger partial charge is 0.342 e. The van der Waals surface area contributed by atoms with Crippen molar-refractivity contribution in [1.82, 2.24) is 4.98 Å². The number of hydrogen-bond donors (Lipinski definition) is 2. The summed E-state index contributed by atoms with van der Waals surface area (Å²) in [4.78, 5) is 27.8. The van der Waals surface area contributed by atoms with Crippen molar-refractivity contribution in [2.45, 2.75) is 13.0 Å². The second-order valence-corrected chi connectivity index (χ2v) is 5.33. The molecule has 2 rings (SSSR count). The number of phenolic OH excluding ortho intramolecular Hbond substituents is 1. The van der Waals surface area contributed by atoms with Gasteiger partial charge in [0.1, 0.15) is 11.3 Å². The van der Waals surface area contributed by atoms with E-state index in [1.54, 1.807) is 12.1 Å². The lowest BCUT2D eigenvalue weighted by Crippen LogP contribution is -2.30. The third kappa shape index (κ3) is 4.34. The van der Waals surface area contributed by atoms with Gasteiger partial charge in [-0.15, -0.1) is 0 Å². The van der Waals surface area contributed by atoms with Crippen molar-refractivity contribution in [2.75, 3.05) is 5.32 Å². The lowest BCUT2D eigenvalue weighted by Gasteiger charge is -2.14. The third-order valence-corrected chi connectivity index (χ3v) is 3.39. The number of benzene rings is 1. The zero-order valence-corrected chi connectivity index (χ0v) is 13.4. The Bertz CT molecular complexity index is 752. The molecule has 0 aliphatic carbocycles. The number of esters is 1. The number of anilines is 1. The summed E-state index contributed by atoms with van der Waals surface area (Å²) in [5, 5.41) is 12.6. The fraction of sp³-hybridized carbons (Fsp3) is 0.133. The van der Waals surface area contributed by atoms with Crippen molar-refractivity contribution in [1.29, 1.82) is 0 Å². The van der Waals surface area contributed by atoms with Crippen molar-refractivity contribution in [2.24, 2.45) is 0 Å². The van der Waals surface area contributed by atoms with Crippen LogP contribution in [0, 0.1) is 0 Å². The Balaban J connectivity index is 2.03. The maximum absolute atomic E-state index is 12.0. The van der Waals surface area contributed by atoms with Gasteiger partial charge >= 0.3 is 5.97 Å². The largest absolute Gasteiger partial charge is 0.507 e. The molecule has 1 atom stereocenters. The van der Waals surface area contributed by atoms with Gasteiger partial charge in [-0.1, -0.05) is 23.2 Å². The summed E-state index contributed by atoms with van der Waals surface area (Å²) in [5.74, 6) is -1.76. The molecule has 0 saturated carbocycles. The number of nitrogens with one attached hydrogen (secondary N) is 1. The minimum absolute atomic E-state index is 0.0894. The summed E-state index contributed by atoms with van der Waals surface area (Å²) in [6, 6.07) is 7.11. The van der Waals surface area contributed by atoms with Crippen LogP contribution in [-0.4, -0.2) is 28.1 Å². The molecule has 0 spiro atoms. The monoisotopic (exact) mass is 354 g/mol. The molecule has 6 nitrogen and oxygen atoms in total. The number of halogens is 2. The van der Waals surface area contributed by atoms with E-state index in [1.165, 1.54) is 31.3 Å². The van der Waals surface area contributed by atoms with E-state index >= 15 is 0 Å². The van der Waals surface area contributed by atoms with Crippen molar-refractivity contribution >= 4 is 40.8 Å². The highest BCUT2D eigenvalue weighted by atomic mass is 35.5. The van der Waals surface area contributed by atoms with Gasteiger partial charge in [0.15, 0.2) is 11.3 Å². The SMILES string of the molecule is C[C@@H](OC(=O)c1ccc(Cl)cc1O)C(=O)Nc1cccnc1Cl. The Morgan fingerprint density at radius 1 is 1.30 bits per heavy atom. The number of amides is 1. The summed E-state index contributed by atoms with van der Waals surface area (Å²) in [6.07, 6.45) is 0.374. The number of aromatic hydroxyl groups is 1. The molecular formula is C15H12Cl2N2O4. The number of hydrogen-bond acceptors (Lipinski definition) is 5. The van der Waals surface area contributed by atoms with Gasteiger partial charge in [0.2, 0.25) is 0 Å². The number of phenols is 1. The first-order chi connectivity index (χ1) is 10.9. The average Bonchev–Trinajstić information content (AvgIpc) is 2.49. The zero-order valence-electron chi connectivity index (χ0n) is 11.9. The molecule has 120 valence electrons. The van der Waals surface area contributed by atoms with E-state index in [4.69, 9.17) is 27.9 Å². The maximum Gasteiger partial charge on any atom is 0.342 e. The Kier molecular flexibility index (Phi) is 5.41. The summed E-state index contributed by atoms with van der Waals surface area (Å²) in [6.45, 7) is 1.39. The van der Waals surface area contributed by atoms with E-state index in [0.717, 1.165) is 0 Å². The zero-order chi connectivity index (χ0) is 17.0. The normalized spacial score (nSPS) is 11.6. The average molecular weight is 355 g/mol. The highest BCUT2D eigenvalue weighted by molar-refractivity contribution is 6.32. The van der Waals surface area contributed by atoms with Gasteiger partial charge in [0.05, 0.1) is 5.69 Å². The Labute approximate surface area is 142 Å². The molecular weight excluding hydrogens is 343 g/mol. The van der Waals surface area contributed by atoms with E-state index in [0.29, 0.717) is 5.69 Å². The molecule has 1 amide bonds.